The molecule has 0 saturated carbocycles. The quantitative estimate of drug-likeness (QED) is 0.798. The van der Waals surface area contributed by atoms with Gasteiger partial charge in [-0.05, 0) is 17.7 Å². The first-order chi connectivity index (χ1) is 9.08. The third kappa shape index (κ3) is 2.32. The van der Waals surface area contributed by atoms with Crippen molar-refractivity contribution in [1.82, 2.24) is 4.98 Å². The van der Waals surface area contributed by atoms with Crippen molar-refractivity contribution in [1.29, 1.82) is 0 Å². The molecule has 0 aromatic carbocycles. The maximum absolute atomic E-state index is 11.5. The molecule has 0 fully saturated rings. The Kier molecular flexibility index (Phi) is 3.57. The minimum Gasteiger partial charge on any atom is -0.464 e. The lowest BCUT2D eigenvalue weighted by Crippen LogP contribution is -2.10. The lowest BCUT2D eigenvalue weighted by Gasteiger charge is -1.96. The number of nitrogens with zero attached hydrogens (tertiary/aromatic N) is 1. The van der Waals surface area contributed by atoms with Crippen LogP contribution in [0, 0.1) is 0 Å². The molecule has 0 unspecified atom stereocenters. The predicted molar refractivity (Wildman–Crippen MR) is 61.9 cm³/mol. The highest BCUT2D eigenvalue weighted by molar-refractivity contribution is 6.31. The van der Waals surface area contributed by atoms with Crippen LogP contribution in [0.25, 0.3) is 11.5 Å². The number of hydrogen-bond donors (Lipinski definition) is 0. The molecule has 0 spiro atoms. The van der Waals surface area contributed by atoms with Crippen molar-refractivity contribution in [2.75, 3.05) is 14.2 Å². The van der Waals surface area contributed by atoms with Crippen LogP contribution >= 0.6 is 11.6 Å². The van der Waals surface area contributed by atoms with Gasteiger partial charge < -0.3 is 18.3 Å². The summed E-state index contributed by atoms with van der Waals surface area (Å²) in [7, 11) is 2.30. The summed E-state index contributed by atoms with van der Waals surface area (Å²) in [5.41, 5.74) is 0.0172. The number of methoxy groups -OCH3 is 2. The molecular weight excluding hydrogens is 278 g/mol. The minimum absolute atomic E-state index is 0.0223. The fourth-order valence-corrected chi connectivity index (χ4v) is 1.54. The van der Waals surface area contributed by atoms with E-state index < -0.39 is 11.9 Å². The molecule has 0 bridgehead atoms. The number of carbonyl (C=O) groups excluding carboxylic acids is 2. The third-order valence-electron chi connectivity index (χ3n) is 2.23. The molecule has 0 amide bonds. The molecule has 2 aromatic heterocycles. The molecular formula is C11H8ClNO6. The van der Waals surface area contributed by atoms with Crippen molar-refractivity contribution in [3.63, 3.8) is 0 Å². The summed E-state index contributed by atoms with van der Waals surface area (Å²) in [5, 5.41) is 0.0223. The highest BCUT2D eigenvalue weighted by Crippen LogP contribution is 2.30. The Hall–Kier alpha value is -2.28. The summed E-state index contributed by atoms with van der Waals surface area (Å²) >= 11 is 5.76. The zero-order valence-corrected chi connectivity index (χ0v) is 10.7. The average Bonchev–Trinajstić information content (AvgIpc) is 3.02. The van der Waals surface area contributed by atoms with Crippen LogP contribution in [0.15, 0.2) is 21.2 Å². The van der Waals surface area contributed by atoms with E-state index in [0.29, 0.717) is 5.56 Å². The second-order valence-electron chi connectivity index (χ2n) is 3.29. The summed E-state index contributed by atoms with van der Waals surface area (Å²) in [5.74, 6) is -2.07. The van der Waals surface area contributed by atoms with Gasteiger partial charge >= 0.3 is 11.9 Å². The van der Waals surface area contributed by atoms with Gasteiger partial charge in [0.1, 0.15) is 0 Å². The number of oxazole rings is 1. The van der Waals surface area contributed by atoms with E-state index in [-0.39, 0.29) is 22.6 Å². The van der Waals surface area contributed by atoms with Crippen molar-refractivity contribution < 1.29 is 27.9 Å². The minimum atomic E-state index is -0.848. The summed E-state index contributed by atoms with van der Waals surface area (Å²) in [6.07, 6.45) is 1.32. The largest absolute Gasteiger partial charge is 0.464 e. The molecule has 2 aromatic rings. The van der Waals surface area contributed by atoms with Gasteiger partial charge in [0.25, 0.3) is 0 Å². The van der Waals surface area contributed by atoms with Crippen LogP contribution in [0.3, 0.4) is 0 Å². The fourth-order valence-electron chi connectivity index (χ4n) is 1.35. The molecule has 0 atom stereocenters. The summed E-state index contributed by atoms with van der Waals surface area (Å²) in [4.78, 5) is 26.9. The Morgan fingerprint density at radius 2 is 1.95 bits per heavy atom. The van der Waals surface area contributed by atoms with Crippen molar-refractivity contribution in [2.45, 2.75) is 0 Å². The van der Waals surface area contributed by atoms with Crippen LogP contribution in [-0.2, 0) is 9.47 Å². The smallest absolute Gasteiger partial charge is 0.376 e. The van der Waals surface area contributed by atoms with Crippen LogP contribution in [-0.4, -0.2) is 31.1 Å². The molecule has 0 aliphatic heterocycles. The van der Waals surface area contributed by atoms with Crippen LogP contribution in [0.4, 0.5) is 0 Å². The third-order valence-corrected chi connectivity index (χ3v) is 2.52. The molecule has 100 valence electrons. The van der Waals surface area contributed by atoms with Crippen LogP contribution in [0.1, 0.15) is 21.0 Å². The van der Waals surface area contributed by atoms with E-state index in [2.05, 4.69) is 14.5 Å². The molecule has 0 N–H and O–H groups in total. The van der Waals surface area contributed by atoms with E-state index in [1.807, 2.05) is 0 Å². The SMILES string of the molecule is COC(=O)c1nc(-c2ccoc2Cl)oc1C(=O)OC. The van der Waals surface area contributed by atoms with Gasteiger partial charge in [0.15, 0.2) is 0 Å². The van der Waals surface area contributed by atoms with Gasteiger partial charge in [-0.15, -0.1) is 0 Å². The van der Waals surface area contributed by atoms with Crippen LogP contribution in [0.2, 0.25) is 5.22 Å². The normalized spacial score (nSPS) is 10.3. The lowest BCUT2D eigenvalue weighted by molar-refractivity contribution is 0.0527. The van der Waals surface area contributed by atoms with Crippen molar-refractivity contribution >= 4 is 23.5 Å². The van der Waals surface area contributed by atoms with Crippen molar-refractivity contribution in [2.24, 2.45) is 0 Å². The topological polar surface area (TPSA) is 91.8 Å². The van der Waals surface area contributed by atoms with Crippen molar-refractivity contribution in [3.05, 3.63) is 29.0 Å². The van der Waals surface area contributed by atoms with Crippen LogP contribution in [0.5, 0.6) is 0 Å². The molecule has 7 nitrogen and oxygen atoms in total. The number of ether oxygens (including phenoxy) is 2. The standard InChI is InChI=1S/C11H8ClNO6/c1-16-10(14)6-7(11(15)17-2)19-9(13-6)5-3-4-18-8(5)12/h3-4H,1-2H3. The number of rotatable bonds is 3. The Labute approximate surface area is 112 Å². The zero-order valence-electron chi connectivity index (χ0n) is 9.93. The first-order valence-corrected chi connectivity index (χ1v) is 5.37. The van der Waals surface area contributed by atoms with Crippen molar-refractivity contribution in [3.8, 4) is 11.5 Å². The van der Waals surface area contributed by atoms with Gasteiger partial charge in [-0.25, -0.2) is 14.6 Å². The van der Waals surface area contributed by atoms with Gasteiger partial charge in [0.2, 0.25) is 22.6 Å². The van der Waals surface area contributed by atoms with E-state index in [1.165, 1.54) is 12.3 Å². The highest BCUT2D eigenvalue weighted by Gasteiger charge is 2.28. The predicted octanol–water partition coefficient (Wildman–Crippen LogP) is 2.16. The monoisotopic (exact) mass is 285 g/mol. The van der Waals surface area contributed by atoms with Gasteiger partial charge in [-0.1, -0.05) is 0 Å². The number of hydrogen-bond acceptors (Lipinski definition) is 7. The number of esters is 2. The maximum Gasteiger partial charge on any atom is 0.376 e. The second-order valence-corrected chi connectivity index (χ2v) is 3.63. The highest BCUT2D eigenvalue weighted by atomic mass is 35.5. The van der Waals surface area contributed by atoms with E-state index in [4.69, 9.17) is 20.4 Å². The Morgan fingerprint density at radius 3 is 2.47 bits per heavy atom. The van der Waals surface area contributed by atoms with Gasteiger partial charge in [-0.3, -0.25) is 0 Å². The average molecular weight is 286 g/mol. The fraction of sp³-hybridized carbons (Fsp3) is 0.182. The lowest BCUT2D eigenvalue weighted by atomic mass is 10.3. The van der Waals surface area contributed by atoms with E-state index in [1.54, 1.807) is 0 Å². The van der Waals surface area contributed by atoms with Gasteiger partial charge in [0, 0.05) is 0 Å². The number of furan rings is 1. The van der Waals surface area contributed by atoms with Crippen LogP contribution < -0.4 is 0 Å². The molecule has 0 saturated heterocycles. The van der Waals surface area contributed by atoms with E-state index in [0.717, 1.165) is 14.2 Å². The van der Waals surface area contributed by atoms with Gasteiger partial charge in [0.05, 0.1) is 26.0 Å². The molecule has 0 radical (unpaired) electrons. The van der Waals surface area contributed by atoms with E-state index >= 15 is 0 Å². The number of halogens is 1. The summed E-state index contributed by atoms with van der Waals surface area (Å²) in [6.45, 7) is 0. The molecule has 0 aliphatic carbocycles. The summed E-state index contributed by atoms with van der Waals surface area (Å²) in [6, 6.07) is 1.48. The number of carbonyl (C=O) groups is 2. The number of aromatic nitrogens is 1. The van der Waals surface area contributed by atoms with E-state index in [9.17, 15) is 9.59 Å². The Bertz CT molecular complexity index is 595. The maximum atomic E-state index is 11.5. The first kappa shape index (κ1) is 13.2. The molecule has 2 heterocycles. The summed E-state index contributed by atoms with van der Waals surface area (Å²) < 4.78 is 19.1. The zero-order chi connectivity index (χ0) is 14.0. The molecule has 8 heteroatoms. The molecule has 19 heavy (non-hydrogen) atoms. The second kappa shape index (κ2) is 5.15. The van der Waals surface area contributed by atoms with Gasteiger partial charge in [-0.2, -0.15) is 0 Å². The Morgan fingerprint density at radius 1 is 1.26 bits per heavy atom. The first-order valence-electron chi connectivity index (χ1n) is 4.99. The Balaban J connectivity index is 2.55. The molecule has 0 aliphatic rings. The molecule has 2 rings (SSSR count).